The molecule has 4 rings (SSSR count). The lowest BCUT2D eigenvalue weighted by Crippen LogP contribution is -2.24. The number of thiophene rings is 1. The van der Waals surface area contributed by atoms with E-state index in [2.05, 4.69) is 23.6 Å². The highest BCUT2D eigenvalue weighted by Gasteiger charge is 2.26. The maximum atomic E-state index is 13.2. The van der Waals surface area contributed by atoms with E-state index in [0.29, 0.717) is 34.3 Å². The predicted octanol–water partition coefficient (Wildman–Crippen LogP) is 6.27. The van der Waals surface area contributed by atoms with Crippen molar-refractivity contribution < 1.29 is 14.3 Å². The first kappa shape index (κ1) is 25.8. The number of para-hydroxylation sites is 1. The van der Waals surface area contributed by atoms with E-state index >= 15 is 0 Å². The summed E-state index contributed by atoms with van der Waals surface area (Å²) in [5.41, 5.74) is 2.37. The van der Waals surface area contributed by atoms with Gasteiger partial charge in [-0.1, -0.05) is 38.1 Å². The maximum Gasteiger partial charge on any atom is 0.262 e. The summed E-state index contributed by atoms with van der Waals surface area (Å²) in [6, 6.07) is 18.9. The van der Waals surface area contributed by atoms with Crippen molar-refractivity contribution in [3.8, 4) is 11.8 Å². The first-order chi connectivity index (χ1) is 17.5. The summed E-state index contributed by atoms with van der Waals surface area (Å²) < 4.78 is 5.50. The Balaban J connectivity index is 1.37. The van der Waals surface area contributed by atoms with Crippen LogP contribution in [0.3, 0.4) is 0 Å². The van der Waals surface area contributed by atoms with Gasteiger partial charge in [-0.15, -0.1) is 23.1 Å². The number of ether oxygens (including phenoxy) is 1. The van der Waals surface area contributed by atoms with Gasteiger partial charge in [-0.25, -0.2) is 0 Å². The van der Waals surface area contributed by atoms with Crippen molar-refractivity contribution in [3.63, 3.8) is 0 Å². The number of nitriles is 1. The van der Waals surface area contributed by atoms with Crippen molar-refractivity contribution in [1.29, 1.82) is 5.26 Å². The number of amides is 2. The van der Waals surface area contributed by atoms with Crippen LogP contribution in [-0.2, 0) is 22.4 Å². The second-order valence-electron chi connectivity index (χ2n) is 8.85. The van der Waals surface area contributed by atoms with Gasteiger partial charge < -0.3 is 15.4 Å². The highest BCUT2D eigenvalue weighted by molar-refractivity contribution is 8.00. The lowest BCUT2D eigenvalue weighted by atomic mass is 9.88. The summed E-state index contributed by atoms with van der Waals surface area (Å²) >= 11 is 2.99. The topological polar surface area (TPSA) is 91.2 Å². The van der Waals surface area contributed by atoms with Gasteiger partial charge in [0.15, 0.2) is 6.61 Å². The van der Waals surface area contributed by atoms with Gasteiger partial charge in [-0.3, -0.25) is 9.59 Å². The first-order valence-corrected chi connectivity index (χ1v) is 13.8. The first-order valence-electron chi connectivity index (χ1n) is 12.1. The number of fused-ring (bicyclic) bond motifs is 1. The standard InChI is InChI=1S/C28H29N3O3S2/c1-3-24(27(33)31-28-23(16-29)22-13-12-18(2)14-25(22)36-28)35-21-11-7-8-19(15-21)30-26(32)17-34-20-9-5-4-6-10-20/h4-11,15,18,24H,3,12-14,17H2,1-2H3,(H,30,32)(H,31,33). The Hall–Kier alpha value is -3.28. The summed E-state index contributed by atoms with van der Waals surface area (Å²) in [5.74, 6) is 0.861. The number of nitrogens with one attached hydrogen (secondary N) is 2. The van der Waals surface area contributed by atoms with Crippen LogP contribution >= 0.6 is 23.1 Å². The zero-order valence-corrected chi connectivity index (χ0v) is 22.0. The van der Waals surface area contributed by atoms with Crippen LogP contribution in [0.25, 0.3) is 0 Å². The van der Waals surface area contributed by atoms with Crippen LogP contribution < -0.4 is 15.4 Å². The molecular weight excluding hydrogens is 490 g/mol. The van der Waals surface area contributed by atoms with Crippen LogP contribution in [0, 0.1) is 17.2 Å². The fraction of sp³-hybridized carbons (Fsp3) is 0.321. The average molecular weight is 520 g/mol. The smallest absolute Gasteiger partial charge is 0.262 e. The Bertz CT molecular complexity index is 1270. The Labute approximate surface area is 220 Å². The van der Waals surface area contributed by atoms with Gasteiger partial charge in [0.2, 0.25) is 5.91 Å². The molecule has 2 aromatic carbocycles. The van der Waals surface area contributed by atoms with E-state index < -0.39 is 0 Å². The van der Waals surface area contributed by atoms with Gasteiger partial charge in [0.25, 0.3) is 5.91 Å². The average Bonchev–Trinajstić information content (AvgIpc) is 3.22. The molecule has 1 aliphatic carbocycles. The normalized spacial score (nSPS) is 15.3. The highest BCUT2D eigenvalue weighted by atomic mass is 32.2. The lowest BCUT2D eigenvalue weighted by Gasteiger charge is -2.17. The summed E-state index contributed by atoms with van der Waals surface area (Å²) in [5, 5.41) is 16.0. The quantitative estimate of drug-likeness (QED) is 0.325. The van der Waals surface area contributed by atoms with Gasteiger partial charge in [0.1, 0.15) is 16.8 Å². The van der Waals surface area contributed by atoms with Gasteiger partial charge in [0, 0.05) is 15.5 Å². The third-order valence-electron chi connectivity index (χ3n) is 6.03. The number of carbonyl (C=O) groups is 2. The second kappa shape index (κ2) is 12.1. The maximum absolute atomic E-state index is 13.2. The van der Waals surface area contributed by atoms with Crippen LogP contribution in [0.4, 0.5) is 10.7 Å². The number of hydrogen-bond donors (Lipinski definition) is 2. The minimum Gasteiger partial charge on any atom is -0.484 e. The number of anilines is 2. The molecule has 0 saturated heterocycles. The van der Waals surface area contributed by atoms with Crippen LogP contribution in [-0.4, -0.2) is 23.7 Å². The van der Waals surface area contributed by atoms with E-state index in [4.69, 9.17) is 4.74 Å². The Morgan fingerprint density at radius 2 is 2.00 bits per heavy atom. The summed E-state index contributed by atoms with van der Waals surface area (Å²) in [6.45, 7) is 4.10. The van der Waals surface area contributed by atoms with Gasteiger partial charge >= 0.3 is 0 Å². The molecule has 0 saturated carbocycles. The van der Waals surface area contributed by atoms with E-state index in [9.17, 15) is 14.9 Å². The van der Waals surface area contributed by atoms with Crippen LogP contribution in [0.1, 0.15) is 42.7 Å². The van der Waals surface area contributed by atoms with E-state index in [0.717, 1.165) is 29.7 Å². The van der Waals surface area contributed by atoms with E-state index in [1.54, 1.807) is 23.5 Å². The number of hydrogen-bond acceptors (Lipinski definition) is 6. The predicted molar refractivity (Wildman–Crippen MR) is 146 cm³/mol. The van der Waals surface area contributed by atoms with Crippen molar-refractivity contribution in [3.05, 3.63) is 70.6 Å². The summed E-state index contributed by atoms with van der Waals surface area (Å²) in [7, 11) is 0. The largest absolute Gasteiger partial charge is 0.484 e. The number of rotatable bonds is 9. The Morgan fingerprint density at radius 1 is 1.19 bits per heavy atom. The van der Waals surface area contributed by atoms with E-state index in [-0.39, 0.29) is 23.7 Å². The molecule has 36 heavy (non-hydrogen) atoms. The monoisotopic (exact) mass is 519 g/mol. The van der Waals surface area contributed by atoms with Crippen molar-refractivity contribution in [1.82, 2.24) is 0 Å². The third kappa shape index (κ3) is 6.48. The SMILES string of the molecule is CCC(Sc1cccc(NC(=O)COc2ccccc2)c1)C(=O)Nc1sc2c(c1C#N)CCC(C)C2. The molecule has 8 heteroatoms. The van der Waals surface area contributed by atoms with Gasteiger partial charge in [0.05, 0.1) is 10.8 Å². The number of carbonyl (C=O) groups excluding carboxylic acids is 2. The van der Waals surface area contributed by atoms with Crippen LogP contribution in [0.2, 0.25) is 0 Å². The molecule has 0 aliphatic heterocycles. The Morgan fingerprint density at radius 3 is 2.75 bits per heavy atom. The van der Waals surface area contributed by atoms with Gasteiger partial charge in [-0.2, -0.15) is 5.26 Å². The van der Waals surface area contributed by atoms with Crippen molar-refractivity contribution >= 4 is 45.6 Å². The molecule has 2 unspecified atom stereocenters. The van der Waals surface area contributed by atoms with Crippen LogP contribution in [0.5, 0.6) is 5.75 Å². The molecule has 0 fully saturated rings. The Kier molecular flexibility index (Phi) is 8.68. The molecular formula is C28H29N3O3S2. The molecule has 1 heterocycles. The molecule has 2 N–H and O–H groups in total. The second-order valence-corrected chi connectivity index (χ2v) is 11.2. The molecule has 1 aliphatic rings. The number of thioether (sulfide) groups is 1. The third-order valence-corrected chi connectivity index (χ3v) is 8.56. The zero-order chi connectivity index (χ0) is 25.5. The molecule has 3 aromatic rings. The zero-order valence-electron chi connectivity index (χ0n) is 20.4. The number of benzene rings is 2. The molecule has 6 nitrogen and oxygen atoms in total. The van der Waals surface area contributed by atoms with Gasteiger partial charge in [-0.05, 0) is 67.5 Å². The van der Waals surface area contributed by atoms with Crippen LogP contribution in [0.15, 0.2) is 59.5 Å². The van der Waals surface area contributed by atoms with E-state index in [1.165, 1.54) is 16.6 Å². The molecule has 2 amide bonds. The minimum atomic E-state index is -0.332. The molecule has 186 valence electrons. The minimum absolute atomic E-state index is 0.0911. The fourth-order valence-electron chi connectivity index (χ4n) is 4.15. The molecule has 1 aromatic heterocycles. The lowest BCUT2D eigenvalue weighted by molar-refractivity contribution is -0.118. The van der Waals surface area contributed by atoms with Crippen molar-refractivity contribution in [2.75, 3.05) is 17.2 Å². The van der Waals surface area contributed by atoms with Crippen molar-refractivity contribution in [2.24, 2.45) is 5.92 Å². The molecule has 0 radical (unpaired) electrons. The molecule has 0 spiro atoms. The van der Waals surface area contributed by atoms with Crippen molar-refractivity contribution in [2.45, 2.75) is 49.7 Å². The van der Waals surface area contributed by atoms with E-state index in [1.807, 2.05) is 49.4 Å². The summed E-state index contributed by atoms with van der Waals surface area (Å²) in [4.78, 5) is 27.6. The highest BCUT2D eigenvalue weighted by Crippen LogP contribution is 2.39. The summed E-state index contributed by atoms with van der Waals surface area (Å²) in [6.07, 6.45) is 3.56. The molecule has 0 bridgehead atoms. The fourth-order valence-corrected chi connectivity index (χ4v) is 6.52. The number of nitrogens with zero attached hydrogens (tertiary/aromatic N) is 1. The molecule has 2 atom stereocenters.